The van der Waals surface area contributed by atoms with Gasteiger partial charge in [0.1, 0.15) is 0 Å². The molecule has 0 bridgehead atoms. The minimum Gasteiger partial charge on any atom is -0.350 e. The van der Waals surface area contributed by atoms with Crippen LogP contribution in [0.2, 0.25) is 0 Å². The first kappa shape index (κ1) is 14.3. The number of hydrogen-bond donors (Lipinski definition) is 2. The molecule has 0 aliphatic heterocycles. The maximum absolute atomic E-state index is 12.0. The molecule has 0 saturated carbocycles. The van der Waals surface area contributed by atoms with Gasteiger partial charge in [0.05, 0.1) is 12.4 Å². The van der Waals surface area contributed by atoms with Crippen molar-refractivity contribution in [2.24, 2.45) is 5.73 Å². The molecule has 2 rings (SSSR count). The third-order valence-electron chi connectivity index (χ3n) is 3.07. The summed E-state index contributed by atoms with van der Waals surface area (Å²) in [4.78, 5) is 16.0. The lowest BCUT2D eigenvalue weighted by Crippen LogP contribution is -2.46. The smallest absolute Gasteiger partial charge is 0.237 e. The van der Waals surface area contributed by atoms with E-state index in [4.69, 9.17) is 5.73 Å². The van der Waals surface area contributed by atoms with Gasteiger partial charge in [0, 0.05) is 25.0 Å². The Kier molecular flexibility index (Phi) is 4.90. The molecule has 1 amide bonds. The molecule has 5 heteroatoms. The van der Waals surface area contributed by atoms with Crippen molar-refractivity contribution < 1.29 is 4.79 Å². The molecular weight excluding hydrogens is 252 g/mol. The van der Waals surface area contributed by atoms with Gasteiger partial charge in [-0.05, 0) is 18.9 Å². The summed E-state index contributed by atoms with van der Waals surface area (Å²) < 4.78 is 1.92. The second-order valence-electron chi connectivity index (χ2n) is 4.97. The summed E-state index contributed by atoms with van der Waals surface area (Å²) in [5.74, 6) is -0.124. The zero-order valence-electron chi connectivity index (χ0n) is 11.6. The number of carbonyl (C=O) groups excluding carboxylic acids is 1. The van der Waals surface area contributed by atoms with Crippen molar-refractivity contribution in [1.29, 1.82) is 0 Å². The van der Waals surface area contributed by atoms with E-state index >= 15 is 0 Å². The zero-order chi connectivity index (χ0) is 14.4. The highest BCUT2D eigenvalue weighted by atomic mass is 16.2. The Balaban J connectivity index is 1.81. The van der Waals surface area contributed by atoms with Crippen LogP contribution in [-0.2, 0) is 17.8 Å². The van der Waals surface area contributed by atoms with E-state index in [1.54, 1.807) is 12.5 Å². The molecule has 1 unspecified atom stereocenters. The summed E-state index contributed by atoms with van der Waals surface area (Å²) in [6.45, 7) is 2.64. The number of nitrogens with zero attached hydrogens (tertiary/aromatic N) is 2. The summed E-state index contributed by atoms with van der Waals surface area (Å²) in [6, 6.07) is 9.27. The number of amides is 1. The number of nitrogens with two attached hydrogens (primary N) is 1. The van der Waals surface area contributed by atoms with Crippen molar-refractivity contribution >= 4 is 5.91 Å². The molecule has 0 fully saturated rings. The summed E-state index contributed by atoms with van der Waals surface area (Å²) in [7, 11) is 0. The molecule has 0 aliphatic rings. The van der Waals surface area contributed by atoms with E-state index < -0.39 is 6.04 Å². The van der Waals surface area contributed by atoms with Crippen LogP contribution in [-0.4, -0.2) is 27.5 Å². The molecule has 0 aliphatic carbocycles. The van der Waals surface area contributed by atoms with Gasteiger partial charge in [0.15, 0.2) is 0 Å². The van der Waals surface area contributed by atoms with E-state index in [1.165, 1.54) is 0 Å². The van der Waals surface area contributed by atoms with Gasteiger partial charge in [-0.15, -0.1) is 0 Å². The van der Waals surface area contributed by atoms with Crippen LogP contribution in [0.5, 0.6) is 0 Å². The highest BCUT2D eigenvalue weighted by Crippen LogP contribution is 2.02. The van der Waals surface area contributed by atoms with Gasteiger partial charge < -0.3 is 15.6 Å². The second-order valence-corrected chi connectivity index (χ2v) is 4.97. The molecule has 5 nitrogen and oxygen atoms in total. The number of rotatable bonds is 6. The number of benzene rings is 1. The maximum Gasteiger partial charge on any atom is 0.237 e. The molecule has 1 aromatic carbocycles. The Morgan fingerprint density at radius 3 is 2.80 bits per heavy atom. The van der Waals surface area contributed by atoms with E-state index in [0.29, 0.717) is 13.0 Å². The van der Waals surface area contributed by atoms with Gasteiger partial charge in [0.25, 0.3) is 0 Å². The van der Waals surface area contributed by atoms with Crippen LogP contribution < -0.4 is 11.1 Å². The molecule has 106 valence electrons. The number of nitrogens with one attached hydrogen (secondary N) is 1. The Morgan fingerprint density at radius 1 is 1.40 bits per heavy atom. The fraction of sp³-hybridized carbons (Fsp3) is 0.333. The minimum absolute atomic E-state index is 0.0125. The van der Waals surface area contributed by atoms with Crippen LogP contribution >= 0.6 is 0 Å². The van der Waals surface area contributed by atoms with E-state index in [-0.39, 0.29) is 11.9 Å². The minimum atomic E-state index is -0.525. The number of imidazole rings is 1. The van der Waals surface area contributed by atoms with E-state index in [9.17, 15) is 4.79 Å². The van der Waals surface area contributed by atoms with Crippen molar-refractivity contribution in [3.63, 3.8) is 0 Å². The highest BCUT2D eigenvalue weighted by molar-refractivity contribution is 5.82. The van der Waals surface area contributed by atoms with Crippen molar-refractivity contribution in [2.45, 2.75) is 32.0 Å². The van der Waals surface area contributed by atoms with Gasteiger partial charge in [0.2, 0.25) is 5.91 Å². The van der Waals surface area contributed by atoms with Crippen LogP contribution in [0.15, 0.2) is 49.1 Å². The monoisotopic (exact) mass is 272 g/mol. The van der Waals surface area contributed by atoms with E-state index in [0.717, 1.165) is 5.56 Å². The van der Waals surface area contributed by atoms with Crippen molar-refractivity contribution in [1.82, 2.24) is 14.9 Å². The Bertz CT molecular complexity index is 524. The first-order chi connectivity index (χ1) is 9.65. The van der Waals surface area contributed by atoms with Gasteiger partial charge in [-0.1, -0.05) is 30.3 Å². The van der Waals surface area contributed by atoms with Crippen LogP contribution in [0.3, 0.4) is 0 Å². The van der Waals surface area contributed by atoms with E-state index in [1.807, 2.05) is 48.0 Å². The Hall–Kier alpha value is -2.14. The van der Waals surface area contributed by atoms with Crippen LogP contribution in [0.1, 0.15) is 12.5 Å². The predicted octanol–water partition coefficient (Wildman–Crippen LogP) is 0.958. The standard InChI is InChI=1S/C15H20N4O/c1-12(10-19-8-7-17-11-19)18-15(20)14(16)9-13-5-3-2-4-6-13/h2-8,11-12,14H,9-10,16H2,1H3,(H,18,20)/t12?,14-/m0/s1. The Labute approximate surface area is 118 Å². The predicted molar refractivity (Wildman–Crippen MR) is 78.0 cm³/mol. The summed E-state index contributed by atoms with van der Waals surface area (Å²) >= 11 is 0. The first-order valence-electron chi connectivity index (χ1n) is 6.71. The molecule has 0 saturated heterocycles. The van der Waals surface area contributed by atoms with Gasteiger partial charge in [-0.3, -0.25) is 4.79 Å². The average molecular weight is 272 g/mol. The van der Waals surface area contributed by atoms with Gasteiger partial charge >= 0.3 is 0 Å². The van der Waals surface area contributed by atoms with Crippen LogP contribution in [0.4, 0.5) is 0 Å². The first-order valence-corrected chi connectivity index (χ1v) is 6.71. The molecule has 0 spiro atoms. The molecule has 2 atom stereocenters. The zero-order valence-corrected chi connectivity index (χ0v) is 11.6. The van der Waals surface area contributed by atoms with E-state index in [2.05, 4.69) is 10.3 Å². The fourth-order valence-electron chi connectivity index (χ4n) is 2.07. The van der Waals surface area contributed by atoms with Crippen molar-refractivity contribution in [2.75, 3.05) is 0 Å². The molecule has 20 heavy (non-hydrogen) atoms. The SMILES string of the molecule is CC(Cn1ccnc1)NC(=O)[C@@H](N)Cc1ccccc1. The molecule has 3 N–H and O–H groups in total. The third-order valence-corrected chi connectivity index (χ3v) is 3.07. The van der Waals surface area contributed by atoms with Crippen LogP contribution in [0.25, 0.3) is 0 Å². The molecule has 1 heterocycles. The van der Waals surface area contributed by atoms with Gasteiger partial charge in [-0.25, -0.2) is 4.98 Å². The second kappa shape index (κ2) is 6.86. The summed E-state index contributed by atoms with van der Waals surface area (Å²) in [5, 5.41) is 2.93. The number of hydrogen-bond acceptors (Lipinski definition) is 3. The topological polar surface area (TPSA) is 72.9 Å². The largest absolute Gasteiger partial charge is 0.350 e. The third kappa shape index (κ3) is 4.20. The number of carbonyl (C=O) groups is 1. The normalized spacial score (nSPS) is 13.7. The molecular formula is C15H20N4O. The van der Waals surface area contributed by atoms with Crippen molar-refractivity contribution in [3.05, 3.63) is 54.6 Å². The fourth-order valence-corrected chi connectivity index (χ4v) is 2.07. The highest BCUT2D eigenvalue weighted by Gasteiger charge is 2.16. The Morgan fingerprint density at radius 2 is 2.15 bits per heavy atom. The quantitative estimate of drug-likeness (QED) is 0.822. The maximum atomic E-state index is 12.0. The van der Waals surface area contributed by atoms with Gasteiger partial charge in [-0.2, -0.15) is 0 Å². The average Bonchev–Trinajstić information content (AvgIpc) is 2.92. The molecule has 2 aromatic rings. The number of aromatic nitrogens is 2. The lowest BCUT2D eigenvalue weighted by Gasteiger charge is -2.18. The lowest BCUT2D eigenvalue weighted by molar-refractivity contribution is -0.123. The summed E-state index contributed by atoms with van der Waals surface area (Å²) in [6.07, 6.45) is 5.86. The van der Waals surface area contributed by atoms with Crippen molar-refractivity contribution in [3.8, 4) is 0 Å². The van der Waals surface area contributed by atoms with Crippen LogP contribution in [0, 0.1) is 0 Å². The molecule has 0 radical (unpaired) electrons. The summed E-state index contributed by atoms with van der Waals surface area (Å²) in [5.41, 5.74) is 7.01. The lowest BCUT2D eigenvalue weighted by atomic mass is 10.1. The molecule has 1 aromatic heterocycles.